The maximum Gasteiger partial charge on any atom is 0.151 e. The third-order valence-electron chi connectivity index (χ3n) is 2.90. The van der Waals surface area contributed by atoms with Gasteiger partial charge in [-0.15, -0.1) is 0 Å². The van der Waals surface area contributed by atoms with E-state index in [0.717, 1.165) is 5.69 Å². The molecule has 1 aromatic heterocycles. The lowest BCUT2D eigenvalue weighted by Crippen LogP contribution is -2.32. The Morgan fingerprint density at radius 3 is 2.94 bits per heavy atom. The van der Waals surface area contributed by atoms with Gasteiger partial charge in [0.2, 0.25) is 0 Å². The van der Waals surface area contributed by atoms with Crippen molar-refractivity contribution in [3.63, 3.8) is 0 Å². The van der Waals surface area contributed by atoms with Crippen LogP contribution in [0.3, 0.4) is 0 Å². The van der Waals surface area contributed by atoms with Crippen molar-refractivity contribution in [2.24, 2.45) is 0 Å². The second kappa shape index (κ2) is 4.06. The molecule has 1 aliphatic heterocycles. The number of nitrogen functional groups attached to an aromatic ring is 1. The molecule has 0 aromatic carbocycles. The highest BCUT2D eigenvalue weighted by Crippen LogP contribution is 2.18. The van der Waals surface area contributed by atoms with Gasteiger partial charge in [0, 0.05) is 18.7 Å². The van der Waals surface area contributed by atoms with Crippen molar-refractivity contribution >= 4 is 15.7 Å². The van der Waals surface area contributed by atoms with E-state index in [4.69, 9.17) is 5.73 Å². The van der Waals surface area contributed by atoms with Crippen molar-refractivity contribution in [3.05, 3.63) is 11.8 Å². The van der Waals surface area contributed by atoms with Crippen LogP contribution in [0.2, 0.25) is 0 Å². The Morgan fingerprint density at radius 2 is 2.44 bits per heavy atom. The number of nitrogens with two attached hydrogens (primary N) is 1. The van der Waals surface area contributed by atoms with Crippen LogP contribution in [0, 0.1) is 0 Å². The molecule has 90 valence electrons. The number of hydrogen-bond acceptors (Lipinski definition) is 5. The molecule has 1 saturated heterocycles. The van der Waals surface area contributed by atoms with E-state index in [-0.39, 0.29) is 11.8 Å². The van der Waals surface area contributed by atoms with Crippen LogP contribution in [0.5, 0.6) is 0 Å². The van der Waals surface area contributed by atoms with Crippen molar-refractivity contribution in [1.29, 1.82) is 0 Å². The predicted molar refractivity (Wildman–Crippen MR) is 61.5 cm³/mol. The van der Waals surface area contributed by atoms with Crippen LogP contribution in [0.15, 0.2) is 6.07 Å². The Hall–Kier alpha value is -1.08. The molecule has 2 heterocycles. The number of hydrogen-bond donors (Lipinski definition) is 2. The third-order valence-corrected chi connectivity index (χ3v) is 4.65. The Balaban J connectivity index is 1.96. The molecule has 0 amide bonds. The quantitative estimate of drug-likeness (QED) is 0.755. The van der Waals surface area contributed by atoms with E-state index in [1.807, 2.05) is 11.9 Å². The second-order valence-electron chi connectivity index (χ2n) is 4.29. The number of rotatable bonds is 3. The van der Waals surface area contributed by atoms with Gasteiger partial charge in [-0.25, -0.2) is 8.42 Å². The minimum atomic E-state index is -2.82. The van der Waals surface area contributed by atoms with E-state index < -0.39 is 9.84 Å². The lowest BCUT2D eigenvalue weighted by molar-refractivity contribution is 0.251. The Morgan fingerprint density at radius 1 is 1.69 bits per heavy atom. The Labute approximate surface area is 94.7 Å². The Bertz CT molecular complexity index is 468. The van der Waals surface area contributed by atoms with Gasteiger partial charge in [0.05, 0.1) is 17.2 Å². The molecule has 1 aliphatic rings. The maximum absolute atomic E-state index is 11.3. The van der Waals surface area contributed by atoms with Gasteiger partial charge >= 0.3 is 0 Å². The number of nitrogens with one attached hydrogen (secondary N) is 1. The lowest BCUT2D eigenvalue weighted by Gasteiger charge is -2.21. The normalized spacial score (nSPS) is 24.0. The van der Waals surface area contributed by atoms with Crippen molar-refractivity contribution in [2.45, 2.75) is 19.0 Å². The zero-order chi connectivity index (χ0) is 11.8. The molecule has 6 nitrogen and oxygen atoms in total. The van der Waals surface area contributed by atoms with Crippen LogP contribution in [0.4, 0.5) is 5.82 Å². The molecule has 1 fully saturated rings. The molecule has 1 atom stereocenters. The fraction of sp³-hybridized carbons (Fsp3) is 0.667. The standard InChI is InChI=1S/C9H16N4O2S/c1-13(5-7-4-9(10)12-11-7)8-2-3-16(14,15)6-8/h4,8H,2-3,5-6H2,1H3,(H3,10,11,12). The van der Waals surface area contributed by atoms with Gasteiger partial charge in [0.25, 0.3) is 0 Å². The van der Waals surface area contributed by atoms with Crippen molar-refractivity contribution < 1.29 is 8.42 Å². The molecule has 0 spiro atoms. The average Bonchev–Trinajstić information content (AvgIpc) is 2.72. The van der Waals surface area contributed by atoms with Gasteiger partial charge in [0.1, 0.15) is 5.82 Å². The molecule has 7 heteroatoms. The lowest BCUT2D eigenvalue weighted by atomic mass is 10.2. The highest BCUT2D eigenvalue weighted by atomic mass is 32.2. The largest absolute Gasteiger partial charge is 0.382 e. The van der Waals surface area contributed by atoms with Crippen molar-refractivity contribution in [1.82, 2.24) is 15.1 Å². The first-order chi connectivity index (χ1) is 7.46. The first-order valence-corrected chi connectivity index (χ1v) is 6.99. The fourth-order valence-electron chi connectivity index (χ4n) is 1.98. The number of anilines is 1. The molecule has 0 saturated carbocycles. The van der Waals surface area contributed by atoms with E-state index in [0.29, 0.717) is 24.5 Å². The van der Waals surface area contributed by atoms with E-state index in [2.05, 4.69) is 10.2 Å². The Kier molecular flexibility index (Phi) is 2.90. The number of aromatic amines is 1. The van der Waals surface area contributed by atoms with Gasteiger partial charge in [-0.05, 0) is 13.5 Å². The van der Waals surface area contributed by atoms with E-state index in [9.17, 15) is 8.42 Å². The molecule has 0 radical (unpaired) electrons. The van der Waals surface area contributed by atoms with E-state index in [1.165, 1.54) is 0 Å². The van der Waals surface area contributed by atoms with Crippen molar-refractivity contribution in [2.75, 3.05) is 24.3 Å². The molecular weight excluding hydrogens is 228 g/mol. The minimum Gasteiger partial charge on any atom is -0.382 e. The van der Waals surface area contributed by atoms with Crippen LogP contribution in [-0.2, 0) is 16.4 Å². The summed E-state index contributed by atoms with van der Waals surface area (Å²) in [7, 11) is -0.901. The highest BCUT2D eigenvalue weighted by molar-refractivity contribution is 7.91. The SMILES string of the molecule is CN(Cc1cc(N)n[nH]1)C1CCS(=O)(=O)C1. The smallest absolute Gasteiger partial charge is 0.151 e. The first kappa shape index (κ1) is 11.4. The van der Waals surface area contributed by atoms with Crippen LogP contribution in [-0.4, -0.2) is 48.1 Å². The van der Waals surface area contributed by atoms with Gasteiger partial charge in [-0.3, -0.25) is 10.00 Å². The number of sulfone groups is 1. The molecule has 16 heavy (non-hydrogen) atoms. The number of aromatic nitrogens is 2. The van der Waals surface area contributed by atoms with Crippen LogP contribution in [0.25, 0.3) is 0 Å². The summed E-state index contributed by atoms with van der Waals surface area (Å²) in [4.78, 5) is 2.03. The third kappa shape index (κ3) is 2.53. The molecule has 2 rings (SSSR count). The van der Waals surface area contributed by atoms with Crippen LogP contribution in [0.1, 0.15) is 12.1 Å². The van der Waals surface area contributed by atoms with E-state index >= 15 is 0 Å². The summed E-state index contributed by atoms with van der Waals surface area (Å²) in [5, 5.41) is 6.65. The van der Waals surface area contributed by atoms with Crippen molar-refractivity contribution in [3.8, 4) is 0 Å². The number of H-pyrrole nitrogens is 1. The van der Waals surface area contributed by atoms with Gasteiger partial charge in [0.15, 0.2) is 9.84 Å². The molecule has 1 aromatic rings. The fourth-order valence-corrected chi connectivity index (χ4v) is 3.79. The number of nitrogens with zero attached hydrogens (tertiary/aromatic N) is 2. The molecule has 0 aliphatic carbocycles. The maximum atomic E-state index is 11.3. The summed E-state index contributed by atoms with van der Waals surface area (Å²) in [6.07, 6.45) is 0.711. The summed E-state index contributed by atoms with van der Waals surface area (Å²) >= 11 is 0. The monoisotopic (exact) mass is 244 g/mol. The second-order valence-corrected chi connectivity index (χ2v) is 6.52. The summed E-state index contributed by atoms with van der Waals surface area (Å²) in [5.41, 5.74) is 6.40. The predicted octanol–water partition coefficient (Wildman–Crippen LogP) is -0.389. The average molecular weight is 244 g/mol. The first-order valence-electron chi connectivity index (χ1n) is 5.17. The van der Waals surface area contributed by atoms with Crippen LogP contribution >= 0.6 is 0 Å². The van der Waals surface area contributed by atoms with Gasteiger partial charge in [-0.1, -0.05) is 0 Å². The summed E-state index contributed by atoms with van der Waals surface area (Å²) < 4.78 is 22.7. The van der Waals surface area contributed by atoms with E-state index in [1.54, 1.807) is 6.07 Å². The summed E-state index contributed by atoms with van der Waals surface area (Å²) in [6.45, 7) is 0.643. The minimum absolute atomic E-state index is 0.106. The highest BCUT2D eigenvalue weighted by Gasteiger charge is 2.30. The topological polar surface area (TPSA) is 92.1 Å². The molecular formula is C9H16N4O2S. The van der Waals surface area contributed by atoms with Gasteiger partial charge in [-0.2, -0.15) is 5.10 Å². The van der Waals surface area contributed by atoms with Crippen LogP contribution < -0.4 is 5.73 Å². The zero-order valence-electron chi connectivity index (χ0n) is 9.18. The molecule has 0 bridgehead atoms. The summed E-state index contributed by atoms with van der Waals surface area (Å²) in [6, 6.07) is 1.87. The zero-order valence-corrected chi connectivity index (χ0v) is 10.00. The summed E-state index contributed by atoms with van der Waals surface area (Å²) in [5.74, 6) is 1.02. The molecule has 3 N–H and O–H groups in total. The molecule has 1 unspecified atom stereocenters. The van der Waals surface area contributed by atoms with Gasteiger partial charge < -0.3 is 5.73 Å².